The van der Waals surface area contributed by atoms with Crippen molar-refractivity contribution < 1.29 is 0 Å². The van der Waals surface area contributed by atoms with Crippen molar-refractivity contribution in [1.29, 1.82) is 0 Å². The molecule has 0 spiro atoms. The molecular formula is C20H21N7. The zero-order valence-electron chi connectivity index (χ0n) is 15.1. The van der Waals surface area contributed by atoms with Crippen LogP contribution in [-0.2, 0) is 0 Å². The number of anilines is 3. The Morgan fingerprint density at radius 2 is 2.04 bits per heavy atom. The maximum atomic E-state index is 4.82. The van der Waals surface area contributed by atoms with Crippen LogP contribution in [0.1, 0.15) is 23.6 Å². The van der Waals surface area contributed by atoms with E-state index in [1.165, 1.54) is 5.56 Å². The van der Waals surface area contributed by atoms with E-state index in [9.17, 15) is 0 Å². The summed E-state index contributed by atoms with van der Waals surface area (Å²) in [5.74, 6) is 2.77. The van der Waals surface area contributed by atoms with Gasteiger partial charge in [-0.3, -0.25) is 5.10 Å². The van der Waals surface area contributed by atoms with E-state index in [1.807, 2.05) is 35.8 Å². The number of aryl methyl sites for hydroxylation is 1. The quantitative estimate of drug-likeness (QED) is 0.583. The molecule has 1 aromatic carbocycles. The van der Waals surface area contributed by atoms with Gasteiger partial charge >= 0.3 is 0 Å². The van der Waals surface area contributed by atoms with Crippen molar-refractivity contribution in [2.45, 2.75) is 19.3 Å². The Balaban J connectivity index is 1.45. The standard InChI is InChI=1S/C20H21N7/c1-14-12-18(24-23-14)21-19-17-8-5-10-27(17)25-20(22-19)26-11-9-16(13-26)15-6-3-2-4-7-15/h2-8,10,12,16H,9,11,13H2,1H3,(H2,21,22,23,24,25). The number of H-pyrrole nitrogens is 1. The number of benzene rings is 1. The lowest BCUT2D eigenvalue weighted by Gasteiger charge is -2.18. The highest BCUT2D eigenvalue weighted by atomic mass is 15.4. The van der Waals surface area contributed by atoms with Crippen LogP contribution in [0.3, 0.4) is 0 Å². The van der Waals surface area contributed by atoms with Crippen molar-refractivity contribution in [2.24, 2.45) is 0 Å². The number of rotatable bonds is 4. The molecule has 4 heterocycles. The number of aromatic amines is 1. The molecule has 1 aliphatic rings. The van der Waals surface area contributed by atoms with Gasteiger partial charge in [0.2, 0.25) is 5.95 Å². The lowest BCUT2D eigenvalue weighted by molar-refractivity contribution is 0.768. The van der Waals surface area contributed by atoms with Crippen molar-refractivity contribution in [2.75, 3.05) is 23.3 Å². The van der Waals surface area contributed by atoms with Crippen LogP contribution in [0.4, 0.5) is 17.6 Å². The molecule has 1 atom stereocenters. The minimum atomic E-state index is 0.514. The van der Waals surface area contributed by atoms with Gasteiger partial charge < -0.3 is 10.2 Å². The van der Waals surface area contributed by atoms with Gasteiger partial charge in [-0.1, -0.05) is 30.3 Å². The molecule has 1 fully saturated rings. The summed E-state index contributed by atoms with van der Waals surface area (Å²) in [5.41, 5.74) is 3.31. The average Bonchev–Trinajstić information content (AvgIpc) is 3.42. The number of aromatic nitrogens is 5. The summed E-state index contributed by atoms with van der Waals surface area (Å²) in [5, 5.41) is 15.2. The second-order valence-electron chi connectivity index (χ2n) is 7.00. The van der Waals surface area contributed by atoms with Gasteiger partial charge in [0, 0.05) is 37.0 Å². The van der Waals surface area contributed by atoms with E-state index < -0.39 is 0 Å². The fourth-order valence-corrected chi connectivity index (χ4v) is 3.69. The second-order valence-corrected chi connectivity index (χ2v) is 7.00. The maximum Gasteiger partial charge on any atom is 0.245 e. The fourth-order valence-electron chi connectivity index (χ4n) is 3.69. The van der Waals surface area contributed by atoms with E-state index in [0.29, 0.717) is 5.92 Å². The van der Waals surface area contributed by atoms with Gasteiger partial charge in [0.1, 0.15) is 5.52 Å². The van der Waals surface area contributed by atoms with Crippen LogP contribution in [0.5, 0.6) is 0 Å². The maximum absolute atomic E-state index is 4.82. The van der Waals surface area contributed by atoms with Crippen molar-refractivity contribution in [3.8, 4) is 0 Å². The molecule has 0 aliphatic carbocycles. The first kappa shape index (κ1) is 15.9. The lowest BCUT2D eigenvalue weighted by Crippen LogP contribution is -2.23. The molecule has 3 aromatic heterocycles. The van der Waals surface area contributed by atoms with Gasteiger partial charge in [0.05, 0.1) is 0 Å². The lowest BCUT2D eigenvalue weighted by atomic mass is 9.99. The van der Waals surface area contributed by atoms with Gasteiger partial charge in [0.15, 0.2) is 11.6 Å². The predicted octanol–water partition coefficient (Wildman–Crippen LogP) is 3.50. The van der Waals surface area contributed by atoms with Crippen LogP contribution >= 0.6 is 0 Å². The predicted molar refractivity (Wildman–Crippen MR) is 106 cm³/mol. The molecule has 136 valence electrons. The summed E-state index contributed by atoms with van der Waals surface area (Å²) in [4.78, 5) is 7.08. The molecule has 1 unspecified atom stereocenters. The summed E-state index contributed by atoms with van der Waals surface area (Å²) < 4.78 is 1.88. The Morgan fingerprint density at radius 1 is 1.15 bits per heavy atom. The molecule has 4 aromatic rings. The number of hydrogen-bond donors (Lipinski definition) is 2. The molecule has 0 amide bonds. The zero-order valence-corrected chi connectivity index (χ0v) is 15.1. The molecule has 0 bridgehead atoms. The van der Waals surface area contributed by atoms with Crippen LogP contribution in [0.25, 0.3) is 5.52 Å². The monoisotopic (exact) mass is 359 g/mol. The molecule has 2 N–H and O–H groups in total. The highest BCUT2D eigenvalue weighted by Gasteiger charge is 2.26. The third-order valence-corrected chi connectivity index (χ3v) is 5.07. The summed E-state index contributed by atoms with van der Waals surface area (Å²) in [6.07, 6.45) is 3.06. The summed E-state index contributed by atoms with van der Waals surface area (Å²) in [6, 6.07) is 16.6. The average molecular weight is 359 g/mol. The Labute approximate surface area is 157 Å². The molecule has 7 nitrogen and oxygen atoms in total. The smallest absolute Gasteiger partial charge is 0.245 e. The minimum Gasteiger partial charge on any atom is -0.339 e. The fraction of sp³-hybridized carbons (Fsp3) is 0.250. The first-order valence-electron chi connectivity index (χ1n) is 9.20. The van der Waals surface area contributed by atoms with E-state index >= 15 is 0 Å². The molecule has 27 heavy (non-hydrogen) atoms. The normalized spacial score (nSPS) is 16.9. The van der Waals surface area contributed by atoms with E-state index in [4.69, 9.17) is 10.1 Å². The third-order valence-electron chi connectivity index (χ3n) is 5.07. The molecule has 5 rings (SSSR count). The molecule has 1 saturated heterocycles. The van der Waals surface area contributed by atoms with Gasteiger partial charge in [-0.15, -0.1) is 5.10 Å². The van der Waals surface area contributed by atoms with Gasteiger partial charge in [0.25, 0.3) is 0 Å². The van der Waals surface area contributed by atoms with Crippen LogP contribution in [0.2, 0.25) is 0 Å². The van der Waals surface area contributed by atoms with Gasteiger partial charge in [-0.2, -0.15) is 10.1 Å². The summed E-state index contributed by atoms with van der Waals surface area (Å²) >= 11 is 0. The van der Waals surface area contributed by atoms with E-state index in [2.05, 4.69) is 50.7 Å². The van der Waals surface area contributed by atoms with Gasteiger partial charge in [-0.25, -0.2) is 4.52 Å². The Bertz CT molecular complexity index is 1070. The van der Waals surface area contributed by atoms with Crippen LogP contribution in [0.15, 0.2) is 54.7 Å². The first-order chi connectivity index (χ1) is 13.3. The highest BCUT2D eigenvalue weighted by molar-refractivity contribution is 5.73. The number of hydrogen-bond acceptors (Lipinski definition) is 5. The third kappa shape index (κ3) is 3.01. The van der Waals surface area contributed by atoms with E-state index in [1.54, 1.807) is 0 Å². The molecule has 0 saturated carbocycles. The van der Waals surface area contributed by atoms with Crippen LogP contribution in [-0.4, -0.2) is 37.9 Å². The topological polar surface area (TPSA) is 74.1 Å². The zero-order chi connectivity index (χ0) is 18.2. The first-order valence-corrected chi connectivity index (χ1v) is 9.20. The molecule has 0 radical (unpaired) electrons. The van der Waals surface area contributed by atoms with E-state index in [-0.39, 0.29) is 0 Å². The highest BCUT2D eigenvalue weighted by Crippen LogP contribution is 2.30. The van der Waals surface area contributed by atoms with Crippen molar-refractivity contribution in [3.05, 3.63) is 66.0 Å². The Hall–Kier alpha value is -3.35. The van der Waals surface area contributed by atoms with Gasteiger partial charge in [-0.05, 0) is 31.0 Å². The second kappa shape index (κ2) is 6.42. The minimum absolute atomic E-state index is 0.514. The van der Waals surface area contributed by atoms with Crippen molar-refractivity contribution in [3.63, 3.8) is 0 Å². The summed E-state index contributed by atoms with van der Waals surface area (Å²) in [7, 11) is 0. The number of nitrogens with one attached hydrogen (secondary N) is 2. The largest absolute Gasteiger partial charge is 0.339 e. The van der Waals surface area contributed by atoms with E-state index in [0.717, 1.165) is 48.3 Å². The number of fused-ring (bicyclic) bond motifs is 1. The summed E-state index contributed by atoms with van der Waals surface area (Å²) in [6.45, 7) is 3.86. The Kier molecular flexibility index (Phi) is 3.78. The molecular weight excluding hydrogens is 338 g/mol. The molecule has 7 heteroatoms. The number of nitrogens with zero attached hydrogens (tertiary/aromatic N) is 5. The van der Waals surface area contributed by atoms with Crippen molar-refractivity contribution >= 4 is 23.1 Å². The SMILES string of the molecule is Cc1cc(Nc2nc(N3CCC(c4ccccc4)C3)nn3cccc23)n[nH]1. The Morgan fingerprint density at radius 3 is 2.85 bits per heavy atom. The van der Waals surface area contributed by atoms with Crippen molar-refractivity contribution in [1.82, 2.24) is 24.8 Å². The van der Waals surface area contributed by atoms with Crippen LogP contribution in [0, 0.1) is 6.92 Å². The van der Waals surface area contributed by atoms with Crippen LogP contribution < -0.4 is 10.2 Å². The molecule has 1 aliphatic heterocycles.